The zero-order chi connectivity index (χ0) is 21.3. The van der Waals surface area contributed by atoms with Crippen molar-refractivity contribution < 1.29 is 4.79 Å². The first kappa shape index (κ1) is 20.4. The zero-order valence-electron chi connectivity index (χ0n) is 17.2. The van der Waals surface area contributed by atoms with E-state index in [1.807, 2.05) is 25.1 Å². The number of nitrogens with zero attached hydrogens (tertiary/aromatic N) is 3. The van der Waals surface area contributed by atoms with Crippen LogP contribution in [0.5, 0.6) is 0 Å². The average Bonchev–Trinajstić information content (AvgIpc) is 2.73. The minimum Gasteiger partial charge on any atom is -0.354 e. The Balaban J connectivity index is 1.68. The molecule has 0 spiro atoms. The molecule has 1 N–H and O–H groups in total. The van der Waals surface area contributed by atoms with E-state index in [1.165, 1.54) is 11.1 Å². The van der Waals surface area contributed by atoms with Gasteiger partial charge >= 0.3 is 0 Å². The smallest absolute Gasteiger partial charge is 0.275 e. The third kappa shape index (κ3) is 4.05. The number of amides is 1. The molecule has 0 aliphatic carbocycles. The fraction of sp³-hybridized carbons (Fsp3) is 0.348. The summed E-state index contributed by atoms with van der Waals surface area (Å²) in [5, 5.41) is 9.46. The average molecular weight is 425 g/mol. The van der Waals surface area contributed by atoms with Gasteiger partial charge in [-0.25, -0.2) is 4.68 Å². The topological polar surface area (TPSA) is 67.2 Å². The molecule has 1 amide bonds. The van der Waals surface area contributed by atoms with Gasteiger partial charge in [-0.05, 0) is 49.4 Å². The molecule has 6 nitrogen and oxygen atoms in total. The summed E-state index contributed by atoms with van der Waals surface area (Å²) in [5.74, 6) is 1.01. The van der Waals surface area contributed by atoms with Gasteiger partial charge in [0.2, 0.25) is 5.91 Å². The second kappa shape index (κ2) is 8.48. The Hall–Kier alpha value is -2.86. The van der Waals surface area contributed by atoms with Gasteiger partial charge in [-0.1, -0.05) is 42.8 Å². The van der Waals surface area contributed by atoms with E-state index < -0.39 is 0 Å². The van der Waals surface area contributed by atoms with Crippen LogP contribution in [-0.2, 0) is 11.3 Å². The van der Waals surface area contributed by atoms with Crippen molar-refractivity contribution in [2.45, 2.75) is 33.2 Å². The number of halogens is 1. The zero-order valence-corrected chi connectivity index (χ0v) is 17.9. The Morgan fingerprint density at radius 1 is 1.20 bits per heavy atom. The summed E-state index contributed by atoms with van der Waals surface area (Å²) in [4.78, 5) is 28.0. The van der Waals surface area contributed by atoms with E-state index >= 15 is 0 Å². The highest BCUT2D eigenvalue weighted by Gasteiger charge is 2.22. The van der Waals surface area contributed by atoms with Gasteiger partial charge < -0.3 is 10.2 Å². The maximum absolute atomic E-state index is 13.0. The highest BCUT2D eigenvalue weighted by atomic mass is 35.5. The molecule has 30 heavy (non-hydrogen) atoms. The molecule has 1 aromatic heterocycles. The number of anilines is 2. The van der Waals surface area contributed by atoms with E-state index in [2.05, 4.69) is 22.2 Å². The fourth-order valence-corrected chi connectivity index (χ4v) is 4.18. The molecule has 1 aliphatic heterocycles. The van der Waals surface area contributed by atoms with Gasteiger partial charge in [0.15, 0.2) is 5.82 Å². The Morgan fingerprint density at radius 3 is 2.73 bits per heavy atom. The van der Waals surface area contributed by atoms with Crippen molar-refractivity contribution in [3.8, 4) is 0 Å². The lowest BCUT2D eigenvalue weighted by molar-refractivity contribution is -0.117. The molecule has 2 aromatic carbocycles. The Morgan fingerprint density at radius 2 is 1.97 bits per heavy atom. The lowest BCUT2D eigenvalue weighted by Crippen LogP contribution is -2.38. The molecule has 4 rings (SSSR count). The van der Waals surface area contributed by atoms with Crippen LogP contribution in [0.4, 0.5) is 11.5 Å². The quantitative estimate of drug-likeness (QED) is 0.680. The monoisotopic (exact) mass is 424 g/mol. The normalized spacial score (nSPS) is 16.6. The number of hydrogen-bond acceptors (Lipinski definition) is 4. The van der Waals surface area contributed by atoms with Crippen molar-refractivity contribution in [3.63, 3.8) is 0 Å². The van der Waals surface area contributed by atoms with Gasteiger partial charge in [0.25, 0.3) is 5.56 Å². The molecule has 0 radical (unpaired) electrons. The largest absolute Gasteiger partial charge is 0.354 e. The van der Waals surface area contributed by atoms with Crippen LogP contribution in [0.15, 0.2) is 47.3 Å². The van der Waals surface area contributed by atoms with Crippen LogP contribution < -0.4 is 15.8 Å². The van der Waals surface area contributed by atoms with Crippen molar-refractivity contribution in [2.75, 3.05) is 23.3 Å². The molecular weight excluding hydrogens is 400 g/mol. The van der Waals surface area contributed by atoms with Gasteiger partial charge in [-0.15, -0.1) is 0 Å². The van der Waals surface area contributed by atoms with Gasteiger partial charge in [0.05, 0.1) is 5.39 Å². The number of rotatable bonds is 4. The van der Waals surface area contributed by atoms with Crippen LogP contribution in [0.1, 0.15) is 25.3 Å². The lowest BCUT2D eigenvalue weighted by Gasteiger charge is -2.32. The predicted molar refractivity (Wildman–Crippen MR) is 121 cm³/mol. The van der Waals surface area contributed by atoms with Crippen molar-refractivity contribution in [2.24, 2.45) is 5.92 Å². The summed E-state index contributed by atoms with van der Waals surface area (Å²) in [7, 11) is 0. The second-order valence-electron chi connectivity index (χ2n) is 7.99. The first-order chi connectivity index (χ1) is 14.4. The molecule has 7 heteroatoms. The third-order valence-corrected chi connectivity index (χ3v) is 6.05. The molecule has 3 aromatic rings. The molecule has 156 valence electrons. The number of benzene rings is 2. The van der Waals surface area contributed by atoms with Crippen LogP contribution in [0.3, 0.4) is 0 Å². The lowest BCUT2D eigenvalue weighted by atomic mass is 10.00. The molecule has 2 heterocycles. The Kier molecular flexibility index (Phi) is 5.77. The van der Waals surface area contributed by atoms with Crippen molar-refractivity contribution in [1.82, 2.24) is 9.78 Å². The number of piperidine rings is 1. The van der Waals surface area contributed by atoms with Gasteiger partial charge in [-0.2, -0.15) is 5.10 Å². The number of carbonyl (C=O) groups excluding carboxylic acids is 1. The Labute approximate surface area is 180 Å². The molecule has 1 atom stereocenters. The minimum absolute atomic E-state index is 0.161. The predicted octanol–water partition coefficient (Wildman–Crippen LogP) is 4.23. The highest BCUT2D eigenvalue weighted by Crippen LogP contribution is 2.27. The van der Waals surface area contributed by atoms with Gasteiger partial charge in [-0.3, -0.25) is 9.59 Å². The summed E-state index contributed by atoms with van der Waals surface area (Å²) in [6, 6.07) is 12.8. The molecular formula is C23H25ClN4O2. The van der Waals surface area contributed by atoms with Crippen LogP contribution in [-0.4, -0.2) is 28.8 Å². The number of aromatic nitrogens is 2. The van der Waals surface area contributed by atoms with E-state index in [1.54, 1.807) is 24.3 Å². The van der Waals surface area contributed by atoms with E-state index in [0.717, 1.165) is 36.3 Å². The molecule has 1 fully saturated rings. The fourth-order valence-electron chi connectivity index (χ4n) is 4.01. The maximum atomic E-state index is 13.0. The van der Waals surface area contributed by atoms with E-state index in [-0.39, 0.29) is 18.0 Å². The highest BCUT2D eigenvalue weighted by molar-refractivity contribution is 6.31. The molecule has 1 aliphatic rings. The summed E-state index contributed by atoms with van der Waals surface area (Å²) in [5.41, 5.74) is 1.15. The van der Waals surface area contributed by atoms with Crippen molar-refractivity contribution >= 4 is 39.8 Å². The van der Waals surface area contributed by atoms with Crippen molar-refractivity contribution in [1.29, 1.82) is 0 Å². The van der Waals surface area contributed by atoms with Gasteiger partial charge in [0.1, 0.15) is 6.54 Å². The van der Waals surface area contributed by atoms with Crippen LogP contribution in [0.25, 0.3) is 10.8 Å². The molecule has 0 saturated carbocycles. The van der Waals surface area contributed by atoms with Crippen LogP contribution in [0.2, 0.25) is 5.02 Å². The number of hydrogen-bond donors (Lipinski definition) is 1. The summed E-state index contributed by atoms with van der Waals surface area (Å²) in [6.07, 6.45) is 2.28. The first-order valence-corrected chi connectivity index (χ1v) is 10.6. The molecule has 0 bridgehead atoms. The minimum atomic E-state index is -0.316. The van der Waals surface area contributed by atoms with Crippen LogP contribution >= 0.6 is 11.6 Å². The Bertz CT molecular complexity index is 1160. The standard InChI is InChI=1S/C23H25ClN4O2/c1-15-7-6-12-27(13-15)22-17-8-3-4-9-18(17)23(30)28(26-22)14-21(29)25-20-11-5-10-19(24)16(20)2/h3-5,8-11,15H,6-7,12-14H2,1-2H3,(H,25,29)/t15-/m1/s1. The van der Waals surface area contributed by atoms with Gasteiger partial charge in [0, 0.05) is 29.2 Å². The van der Waals surface area contributed by atoms with Crippen molar-refractivity contribution in [3.05, 3.63) is 63.4 Å². The van der Waals surface area contributed by atoms with E-state index in [4.69, 9.17) is 11.6 Å². The molecule has 1 saturated heterocycles. The van der Waals surface area contributed by atoms with Crippen LogP contribution in [0, 0.1) is 12.8 Å². The third-order valence-electron chi connectivity index (χ3n) is 5.64. The summed E-state index contributed by atoms with van der Waals surface area (Å²) >= 11 is 6.14. The SMILES string of the molecule is Cc1c(Cl)cccc1NC(=O)Cn1nc(N2CCC[C@@H](C)C2)c2ccccc2c1=O. The number of nitrogens with one attached hydrogen (secondary N) is 1. The maximum Gasteiger partial charge on any atom is 0.275 e. The first-order valence-electron chi connectivity index (χ1n) is 10.2. The summed E-state index contributed by atoms with van der Waals surface area (Å²) in [6.45, 7) is 5.70. The van der Waals surface area contributed by atoms with E-state index in [9.17, 15) is 9.59 Å². The second-order valence-corrected chi connectivity index (χ2v) is 8.39. The summed E-state index contributed by atoms with van der Waals surface area (Å²) < 4.78 is 1.27. The number of carbonyl (C=O) groups is 1. The molecule has 0 unspecified atom stereocenters. The van der Waals surface area contributed by atoms with E-state index in [0.29, 0.717) is 22.0 Å². The number of fused-ring (bicyclic) bond motifs is 1.